The van der Waals surface area contributed by atoms with Crippen molar-refractivity contribution in [2.24, 2.45) is 5.92 Å². The average molecular weight is 281 g/mol. The van der Waals surface area contributed by atoms with E-state index >= 15 is 0 Å². The van der Waals surface area contributed by atoms with E-state index in [1.807, 2.05) is 6.07 Å². The van der Waals surface area contributed by atoms with Gasteiger partial charge in [0.1, 0.15) is 5.75 Å². The summed E-state index contributed by atoms with van der Waals surface area (Å²) in [5.74, 6) is 1.57. The van der Waals surface area contributed by atoms with Crippen molar-refractivity contribution in [3.8, 4) is 5.75 Å². The summed E-state index contributed by atoms with van der Waals surface area (Å²) in [6, 6.07) is 17.7. The van der Waals surface area contributed by atoms with Crippen LogP contribution in [0.4, 0.5) is 0 Å². The van der Waals surface area contributed by atoms with E-state index in [4.69, 9.17) is 4.74 Å². The highest BCUT2D eigenvalue weighted by Crippen LogP contribution is 2.29. The Bertz CT molecular complexity index is 591. The summed E-state index contributed by atoms with van der Waals surface area (Å²) >= 11 is 0. The Balaban J connectivity index is 1.71. The van der Waals surface area contributed by atoms with Crippen LogP contribution in [0, 0.1) is 12.8 Å². The normalized spacial score (nSPS) is 18.7. The molecule has 0 saturated carbocycles. The monoisotopic (exact) mass is 281 g/mol. The maximum Gasteiger partial charge on any atom is 0.122 e. The van der Waals surface area contributed by atoms with E-state index in [1.165, 1.54) is 16.7 Å². The van der Waals surface area contributed by atoms with Crippen molar-refractivity contribution in [1.82, 2.24) is 5.32 Å². The molecule has 1 N–H and O–H groups in total. The Morgan fingerprint density at radius 2 is 1.90 bits per heavy atom. The van der Waals surface area contributed by atoms with Crippen LogP contribution in [0.3, 0.4) is 0 Å². The summed E-state index contributed by atoms with van der Waals surface area (Å²) in [7, 11) is 2.05. The van der Waals surface area contributed by atoms with Gasteiger partial charge < -0.3 is 10.1 Å². The van der Waals surface area contributed by atoms with Gasteiger partial charge in [0.15, 0.2) is 0 Å². The van der Waals surface area contributed by atoms with Crippen molar-refractivity contribution >= 4 is 0 Å². The van der Waals surface area contributed by atoms with E-state index in [9.17, 15) is 0 Å². The third kappa shape index (κ3) is 3.27. The molecule has 2 aromatic rings. The second kappa shape index (κ2) is 6.31. The summed E-state index contributed by atoms with van der Waals surface area (Å²) in [5.41, 5.74) is 4.03. The summed E-state index contributed by atoms with van der Waals surface area (Å²) in [6.07, 6.45) is 2.14. The number of likely N-dealkylation sites (N-methyl/N-ethyl adjacent to an activating group) is 1. The third-order valence-corrected chi connectivity index (χ3v) is 4.42. The van der Waals surface area contributed by atoms with Crippen molar-refractivity contribution in [3.05, 3.63) is 65.2 Å². The molecule has 0 amide bonds. The first kappa shape index (κ1) is 14.2. The highest BCUT2D eigenvalue weighted by Gasteiger charge is 2.26. The number of nitrogens with one attached hydrogen (secondary N) is 1. The van der Waals surface area contributed by atoms with Gasteiger partial charge in [0.05, 0.1) is 6.61 Å². The molecule has 2 nitrogen and oxygen atoms in total. The van der Waals surface area contributed by atoms with Gasteiger partial charge in [-0.1, -0.05) is 48.0 Å². The van der Waals surface area contributed by atoms with Crippen molar-refractivity contribution in [2.45, 2.75) is 25.8 Å². The molecule has 0 radical (unpaired) electrons. The number of hydrogen-bond donors (Lipinski definition) is 1. The lowest BCUT2D eigenvalue weighted by atomic mass is 9.87. The molecule has 0 saturated heterocycles. The first-order valence-corrected chi connectivity index (χ1v) is 7.70. The van der Waals surface area contributed by atoms with Crippen molar-refractivity contribution in [1.29, 1.82) is 0 Å². The van der Waals surface area contributed by atoms with Crippen molar-refractivity contribution in [2.75, 3.05) is 13.7 Å². The summed E-state index contributed by atoms with van der Waals surface area (Å²) in [6.45, 7) is 2.93. The first-order valence-electron chi connectivity index (χ1n) is 7.70. The average Bonchev–Trinajstić information content (AvgIpc) is 2.54. The van der Waals surface area contributed by atoms with Crippen LogP contribution in [0.5, 0.6) is 5.75 Å². The van der Waals surface area contributed by atoms with Gasteiger partial charge in [0, 0.05) is 12.0 Å². The fourth-order valence-electron chi connectivity index (χ4n) is 3.09. The fourth-order valence-corrected chi connectivity index (χ4v) is 3.09. The van der Waals surface area contributed by atoms with Crippen LogP contribution < -0.4 is 10.1 Å². The molecule has 0 spiro atoms. The number of hydrogen-bond acceptors (Lipinski definition) is 2. The summed E-state index contributed by atoms with van der Waals surface area (Å²) in [4.78, 5) is 0. The Morgan fingerprint density at radius 3 is 2.67 bits per heavy atom. The Kier molecular flexibility index (Phi) is 4.26. The number of rotatable bonds is 4. The number of aryl methyl sites for hydroxylation is 1. The van der Waals surface area contributed by atoms with E-state index in [0.29, 0.717) is 12.0 Å². The molecule has 0 fully saturated rings. The highest BCUT2D eigenvalue weighted by molar-refractivity contribution is 5.35. The van der Waals surface area contributed by atoms with E-state index in [0.717, 1.165) is 25.2 Å². The van der Waals surface area contributed by atoms with Crippen LogP contribution in [-0.4, -0.2) is 19.7 Å². The van der Waals surface area contributed by atoms with Gasteiger partial charge in [-0.15, -0.1) is 0 Å². The van der Waals surface area contributed by atoms with Crippen LogP contribution in [0.25, 0.3) is 0 Å². The molecule has 110 valence electrons. The van der Waals surface area contributed by atoms with E-state index in [1.54, 1.807) is 0 Å². The SMILES string of the molecule is CNC(Cc1ccc(C)cc1)C1COc2ccccc2C1. The number of fused-ring (bicyclic) bond motifs is 1. The number of ether oxygens (including phenoxy) is 1. The van der Waals surface area contributed by atoms with Crippen LogP contribution in [-0.2, 0) is 12.8 Å². The molecule has 3 rings (SSSR count). The van der Waals surface area contributed by atoms with Crippen LogP contribution in [0.15, 0.2) is 48.5 Å². The maximum atomic E-state index is 5.94. The van der Waals surface area contributed by atoms with Crippen molar-refractivity contribution < 1.29 is 4.74 Å². The summed E-state index contributed by atoms with van der Waals surface area (Å²) in [5, 5.41) is 3.49. The van der Waals surface area contributed by atoms with Gasteiger partial charge in [0.2, 0.25) is 0 Å². The van der Waals surface area contributed by atoms with Gasteiger partial charge in [-0.2, -0.15) is 0 Å². The highest BCUT2D eigenvalue weighted by atomic mass is 16.5. The molecule has 0 aromatic heterocycles. The molecule has 2 heteroatoms. The zero-order valence-corrected chi connectivity index (χ0v) is 12.8. The quantitative estimate of drug-likeness (QED) is 0.927. The standard InChI is InChI=1S/C19H23NO/c1-14-7-9-15(10-8-14)11-18(20-2)17-12-16-5-3-4-6-19(16)21-13-17/h3-10,17-18,20H,11-13H2,1-2H3. The molecule has 2 unspecified atom stereocenters. The van der Waals surface area contributed by atoms with Gasteiger partial charge >= 0.3 is 0 Å². The Labute approximate surface area is 127 Å². The molecular formula is C19H23NO. The third-order valence-electron chi connectivity index (χ3n) is 4.42. The molecule has 1 aliphatic rings. The van der Waals surface area contributed by atoms with Crippen molar-refractivity contribution in [3.63, 3.8) is 0 Å². The Hall–Kier alpha value is -1.80. The minimum absolute atomic E-state index is 0.445. The van der Waals surface area contributed by atoms with Gasteiger partial charge in [-0.3, -0.25) is 0 Å². The van der Waals surface area contributed by atoms with Gasteiger partial charge in [-0.05, 0) is 44.0 Å². The molecule has 0 aliphatic carbocycles. The predicted octanol–water partition coefficient (Wildman–Crippen LogP) is 3.38. The minimum Gasteiger partial charge on any atom is -0.493 e. The van der Waals surface area contributed by atoms with E-state index < -0.39 is 0 Å². The number of para-hydroxylation sites is 1. The zero-order chi connectivity index (χ0) is 14.7. The fraction of sp³-hybridized carbons (Fsp3) is 0.368. The topological polar surface area (TPSA) is 21.3 Å². The van der Waals surface area contributed by atoms with E-state index in [-0.39, 0.29) is 0 Å². The predicted molar refractivity (Wildman–Crippen MR) is 86.9 cm³/mol. The van der Waals surface area contributed by atoms with E-state index in [2.05, 4.69) is 61.8 Å². The van der Waals surface area contributed by atoms with Gasteiger partial charge in [-0.25, -0.2) is 0 Å². The number of benzene rings is 2. The first-order chi connectivity index (χ1) is 10.3. The summed E-state index contributed by atoms with van der Waals surface area (Å²) < 4.78 is 5.94. The second-order valence-electron chi connectivity index (χ2n) is 5.97. The lowest BCUT2D eigenvalue weighted by Crippen LogP contribution is -2.41. The molecular weight excluding hydrogens is 258 g/mol. The zero-order valence-electron chi connectivity index (χ0n) is 12.8. The lowest BCUT2D eigenvalue weighted by Gasteiger charge is -2.31. The molecule has 1 heterocycles. The van der Waals surface area contributed by atoms with Crippen LogP contribution in [0.1, 0.15) is 16.7 Å². The molecule has 2 aromatic carbocycles. The van der Waals surface area contributed by atoms with Crippen LogP contribution >= 0.6 is 0 Å². The minimum atomic E-state index is 0.445. The van der Waals surface area contributed by atoms with Gasteiger partial charge in [0.25, 0.3) is 0 Å². The molecule has 21 heavy (non-hydrogen) atoms. The Morgan fingerprint density at radius 1 is 1.14 bits per heavy atom. The lowest BCUT2D eigenvalue weighted by molar-refractivity contribution is 0.187. The molecule has 1 aliphatic heterocycles. The largest absolute Gasteiger partial charge is 0.493 e. The molecule has 2 atom stereocenters. The maximum absolute atomic E-state index is 5.94. The second-order valence-corrected chi connectivity index (χ2v) is 5.97. The van der Waals surface area contributed by atoms with Crippen LogP contribution in [0.2, 0.25) is 0 Å². The molecule has 0 bridgehead atoms. The smallest absolute Gasteiger partial charge is 0.122 e.